The smallest absolute Gasteiger partial charge is 0.271 e. The average Bonchev–Trinajstić information content (AvgIpc) is 2.82. The fourth-order valence-electron chi connectivity index (χ4n) is 2.87. The van der Waals surface area contributed by atoms with Crippen LogP contribution in [0.15, 0.2) is 76.8 Å². The predicted octanol–water partition coefficient (Wildman–Crippen LogP) is 5.35. The van der Waals surface area contributed by atoms with Gasteiger partial charge in [-0.2, -0.15) is 10.5 Å². The van der Waals surface area contributed by atoms with Crippen molar-refractivity contribution in [2.75, 3.05) is 5.32 Å². The molecule has 0 unspecified atom stereocenters. The SMILES string of the molecule is N#C/C(=C\c1cc(Br)ccc1OCc1ccccc1C#N)C(=O)Nc1cccc([N+](=O)[O-])c1. The third kappa shape index (κ3) is 6.03. The number of nitrogens with one attached hydrogen (secondary N) is 1. The molecular weight excluding hydrogens is 488 g/mol. The number of carbonyl (C=O) groups excluding carboxylic acids is 1. The van der Waals surface area contributed by atoms with Crippen LogP contribution in [-0.4, -0.2) is 10.8 Å². The molecular formula is C24H15BrN4O4. The standard InChI is InChI=1S/C24H15BrN4O4/c25-20-8-9-23(33-15-17-5-2-1-4-16(17)13-26)18(11-20)10-19(14-27)24(30)28-21-6-3-7-22(12-21)29(31)32/h1-12H,15H2,(H,28,30)/b19-10+. The summed E-state index contributed by atoms with van der Waals surface area (Å²) in [6.45, 7) is 0.119. The lowest BCUT2D eigenvalue weighted by molar-refractivity contribution is -0.384. The Labute approximate surface area is 197 Å². The van der Waals surface area contributed by atoms with E-state index in [1.807, 2.05) is 6.07 Å². The number of nitro groups is 1. The topological polar surface area (TPSA) is 129 Å². The summed E-state index contributed by atoms with van der Waals surface area (Å²) in [5, 5.41) is 32.2. The number of halogens is 1. The minimum atomic E-state index is -0.723. The summed E-state index contributed by atoms with van der Waals surface area (Å²) in [6, 6.07) is 21.5. The molecule has 0 aliphatic carbocycles. The van der Waals surface area contributed by atoms with Crippen LogP contribution in [0.1, 0.15) is 16.7 Å². The largest absolute Gasteiger partial charge is 0.488 e. The third-order valence-electron chi connectivity index (χ3n) is 4.47. The number of non-ortho nitro benzene ring substituents is 1. The first-order valence-electron chi connectivity index (χ1n) is 9.49. The molecule has 3 rings (SSSR count). The van der Waals surface area contributed by atoms with Crippen molar-refractivity contribution in [2.24, 2.45) is 0 Å². The maximum Gasteiger partial charge on any atom is 0.271 e. The number of ether oxygens (including phenoxy) is 1. The van der Waals surface area contributed by atoms with Gasteiger partial charge in [0.25, 0.3) is 11.6 Å². The summed E-state index contributed by atoms with van der Waals surface area (Å²) in [4.78, 5) is 23.0. The van der Waals surface area contributed by atoms with Crippen LogP contribution in [0.3, 0.4) is 0 Å². The lowest BCUT2D eigenvalue weighted by Crippen LogP contribution is -2.13. The number of benzene rings is 3. The first-order chi connectivity index (χ1) is 15.9. The van der Waals surface area contributed by atoms with Gasteiger partial charge in [0.15, 0.2) is 0 Å². The van der Waals surface area contributed by atoms with Crippen molar-refractivity contribution in [3.8, 4) is 17.9 Å². The number of nitro benzene ring substituents is 1. The number of nitriles is 2. The predicted molar refractivity (Wildman–Crippen MR) is 125 cm³/mol. The molecule has 3 aromatic rings. The van der Waals surface area contributed by atoms with E-state index in [9.17, 15) is 25.4 Å². The Morgan fingerprint density at radius 1 is 1.12 bits per heavy atom. The molecule has 0 atom stereocenters. The van der Waals surface area contributed by atoms with E-state index in [-0.39, 0.29) is 23.6 Å². The van der Waals surface area contributed by atoms with Gasteiger partial charge in [-0.1, -0.05) is 40.2 Å². The Morgan fingerprint density at radius 2 is 1.91 bits per heavy atom. The number of anilines is 1. The monoisotopic (exact) mass is 502 g/mol. The molecule has 0 bridgehead atoms. The minimum Gasteiger partial charge on any atom is -0.488 e. The van der Waals surface area contributed by atoms with E-state index in [0.29, 0.717) is 26.9 Å². The van der Waals surface area contributed by atoms with Gasteiger partial charge >= 0.3 is 0 Å². The molecule has 1 amide bonds. The number of carbonyl (C=O) groups is 1. The van der Waals surface area contributed by atoms with Gasteiger partial charge in [-0.05, 0) is 36.4 Å². The first-order valence-corrected chi connectivity index (χ1v) is 10.3. The van der Waals surface area contributed by atoms with Crippen LogP contribution in [0.4, 0.5) is 11.4 Å². The Hall–Kier alpha value is -4.47. The molecule has 8 nitrogen and oxygen atoms in total. The number of nitrogens with zero attached hydrogens (tertiary/aromatic N) is 3. The van der Waals surface area contributed by atoms with Gasteiger partial charge in [0.2, 0.25) is 0 Å². The maximum absolute atomic E-state index is 12.6. The minimum absolute atomic E-state index is 0.119. The van der Waals surface area contributed by atoms with Gasteiger partial charge in [0.1, 0.15) is 24.0 Å². The molecule has 162 valence electrons. The van der Waals surface area contributed by atoms with Crippen LogP contribution in [0.25, 0.3) is 6.08 Å². The van der Waals surface area contributed by atoms with Crippen molar-refractivity contribution >= 4 is 39.3 Å². The second-order valence-electron chi connectivity index (χ2n) is 6.67. The van der Waals surface area contributed by atoms with Crippen LogP contribution in [0.5, 0.6) is 5.75 Å². The highest BCUT2D eigenvalue weighted by Crippen LogP contribution is 2.27. The molecule has 0 saturated heterocycles. The molecule has 33 heavy (non-hydrogen) atoms. The number of hydrogen-bond donors (Lipinski definition) is 1. The Morgan fingerprint density at radius 3 is 2.64 bits per heavy atom. The zero-order valence-corrected chi connectivity index (χ0v) is 18.6. The van der Waals surface area contributed by atoms with E-state index in [1.165, 1.54) is 30.3 Å². The zero-order chi connectivity index (χ0) is 23.8. The van der Waals surface area contributed by atoms with Gasteiger partial charge < -0.3 is 10.1 Å². The van der Waals surface area contributed by atoms with Crippen LogP contribution in [0, 0.1) is 32.8 Å². The normalized spacial score (nSPS) is 10.6. The highest BCUT2D eigenvalue weighted by Gasteiger charge is 2.14. The van der Waals surface area contributed by atoms with Crippen LogP contribution >= 0.6 is 15.9 Å². The molecule has 0 heterocycles. The molecule has 1 N–H and O–H groups in total. The van der Waals surface area contributed by atoms with Crippen molar-refractivity contribution < 1.29 is 14.5 Å². The van der Waals surface area contributed by atoms with Crippen molar-refractivity contribution in [1.82, 2.24) is 0 Å². The number of rotatable bonds is 7. The van der Waals surface area contributed by atoms with E-state index in [1.54, 1.807) is 42.5 Å². The summed E-state index contributed by atoms with van der Waals surface area (Å²) in [5.74, 6) is -0.319. The fourth-order valence-corrected chi connectivity index (χ4v) is 3.25. The van der Waals surface area contributed by atoms with Crippen molar-refractivity contribution in [1.29, 1.82) is 10.5 Å². The van der Waals surface area contributed by atoms with Gasteiger partial charge in [-0.25, -0.2) is 0 Å². The fraction of sp³-hybridized carbons (Fsp3) is 0.0417. The van der Waals surface area contributed by atoms with Crippen molar-refractivity contribution in [3.63, 3.8) is 0 Å². The summed E-state index contributed by atoms with van der Waals surface area (Å²) >= 11 is 3.36. The summed E-state index contributed by atoms with van der Waals surface area (Å²) in [5.41, 5.74) is 1.43. The lowest BCUT2D eigenvalue weighted by atomic mass is 10.1. The molecule has 0 radical (unpaired) electrons. The van der Waals surface area contributed by atoms with Crippen LogP contribution in [0.2, 0.25) is 0 Å². The van der Waals surface area contributed by atoms with Crippen LogP contribution < -0.4 is 10.1 Å². The molecule has 0 aliphatic heterocycles. The van der Waals surface area contributed by atoms with Gasteiger partial charge in [-0.15, -0.1) is 0 Å². The zero-order valence-electron chi connectivity index (χ0n) is 17.0. The van der Waals surface area contributed by atoms with E-state index >= 15 is 0 Å². The Bertz CT molecular complexity index is 1340. The maximum atomic E-state index is 12.6. The molecule has 9 heteroatoms. The first kappa shape index (κ1) is 23.2. The summed E-state index contributed by atoms with van der Waals surface area (Å²) < 4.78 is 6.58. The van der Waals surface area contributed by atoms with Gasteiger partial charge in [0, 0.05) is 33.4 Å². The highest BCUT2D eigenvalue weighted by molar-refractivity contribution is 9.10. The van der Waals surface area contributed by atoms with Gasteiger partial charge in [0.05, 0.1) is 16.6 Å². The molecule has 0 aromatic heterocycles. The van der Waals surface area contributed by atoms with E-state index in [0.717, 1.165) is 0 Å². The molecule has 0 spiro atoms. The quantitative estimate of drug-likeness (QED) is 0.200. The number of hydrogen-bond acceptors (Lipinski definition) is 6. The van der Waals surface area contributed by atoms with Crippen LogP contribution in [-0.2, 0) is 11.4 Å². The Balaban J connectivity index is 1.86. The summed E-state index contributed by atoms with van der Waals surface area (Å²) in [6.07, 6.45) is 1.36. The highest BCUT2D eigenvalue weighted by atomic mass is 79.9. The lowest BCUT2D eigenvalue weighted by Gasteiger charge is -2.11. The van der Waals surface area contributed by atoms with E-state index < -0.39 is 10.8 Å². The van der Waals surface area contributed by atoms with E-state index in [4.69, 9.17) is 4.74 Å². The van der Waals surface area contributed by atoms with E-state index in [2.05, 4.69) is 27.3 Å². The van der Waals surface area contributed by atoms with Crippen molar-refractivity contribution in [3.05, 3.63) is 104 Å². The molecule has 0 fully saturated rings. The molecule has 3 aromatic carbocycles. The average molecular weight is 503 g/mol. The van der Waals surface area contributed by atoms with Crippen molar-refractivity contribution in [2.45, 2.75) is 6.61 Å². The number of amides is 1. The second-order valence-corrected chi connectivity index (χ2v) is 7.59. The summed E-state index contributed by atoms with van der Waals surface area (Å²) in [7, 11) is 0. The second kappa shape index (κ2) is 10.7. The third-order valence-corrected chi connectivity index (χ3v) is 4.97. The Kier molecular flexibility index (Phi) is 7.53. The molecule has 0 aliphatic rings. The van der Waals surface area contributed by atoms with Gasteiger partial charge in [-0.3, -0.25) is 14.9 Å². The molecule has 0 saturated carbocycles.